The molecule has 2 rings (SSSR count). The van der Waals surface area contributed by atoms with Gasteiger partial charge in [0, 0.05) is 20.1 Å². The molecule has 1 aromatic carbocycles. The Bertz CT molecular complexity index is 569. The molecule has 2 aromatic rings. The molecule has 1 heterocycles. The van der Waals surface area contributed by atoms with Crippen molar-refractivity contribution >= 4 is 5.82 Å². The maximum atomic E-state index is 14.2. The van der Waals surface area contributed by atoms with Gasteiger partial charge in [-0.25, -0.2) is 14.4 Å². The van der Waals surface area contributed by atoms with Crippen molar-refractivity contribution in [2.24, 2.45) is 5.73 Å². The lowest BCUT2D eigenvalue weighted by molar-refractivity contribution is 0.588. The van der Waals surface area contributed by atoms with Crippen LogP contribution in [0.5, 0.6) is 0 Å². The van der Waals surface area contributed by atoms with Crippen molar-refractivity contribution in [3.63, 3.8) is 0 Å². The minimum Gasteiger partial charge on any atom is -0.353 e. The standard InChI is InChI=1S/C15H19FN4/c1-3-13-14(16)15(19-10-18-13)20(2)9-12-6-4-11(8-17)5-7-12/h4-7,10H,3,8-9,17H2,1-2H3. The minimum absolute atomic E-state index is 0.333. The molecule has 0 spiro atoms. The van der Waals surface area contributed by atoms with E-state index in [-0.39, 0.29) is 5.82 Å². The molecule has 0 aliphatic heterocycles. The van der Waals surface area contributed by atoms with Gasteiger partial charge in [0.1, 0.15) is 6.33 Å². The van der Waals surface area contributed by atoms with E-state index in [1.807, 2.05) is 38.2 Å². The Labute approximate surface area is 118 Å². The van der Waals surface area contributed by atoms with Crippen molar-refractivity contribution in [2.75, 3.05) is 11.9 Å². The van der Waals surface area contributed by atoms with E-state index < -0.39 is 0 Å². The summed E-state index contributed by atoms with van der Waals surface area (Å²) in [6.07, 6.45) is 1.96. The summed E-state index contributed by atoms with van der Waals surface area (Å²) in [6.45, 7) is 2.99. The van der Waals surface area contributed by atoms with Crippen molar-refractivity contribution in [3.05, 3.63) is 53.2 Å². The summed E-state index contributed by atoms with van der Waals surface area (Å²) in [6, 6.07) is 7.96. The molecule has 0 fully saturated rings. The highest BCUT2D eigenvalue weighted by molar-refractivity contribution is 5.41. The Morgan fingerprint density at radius 1 is 1.15 bits per heavy atom. The number of aromatic nitrogens is 2. The number of nitrogens with two attached hydrogens (primary N) is 1. The molecule has 0 aliphatic carbocycles. The Morgan fingerprint density at radius 2 is 1.80 bits per heavy atom. The molecule has 0 aliphatic rings. The van der Waals surface area contributed by atoms with E-state index in [0.29, 0.717) is 31.0 Å². The molecule has 0 radical (unpaired) electrons. The highest BCUT2D eigenvalue weighted by Crippen LogP contribution is 2.19. The zero-order valence-electron chi connectivity index (χ0n) is 11.8. The van der Waals surface area contributed by atoms with Crippen LogP contribution in [0.1, 0.15) is 23.7 Å². The van der Waals surface area contributed by atoms with Gasteiger partial charge in [-0.15, -0.1) is 0 Å². The van der Waals surface area contributed by atoms with E-state index in [1.54, 1.807) is 4.90 Å². The second-order valence-corrected chi connectivity index (χ2v) is 4.69. The van der Waals surface area contributed by atoms with Crippen LogP contribution in [0.4, 0.5) is 10.2 Å². The maximum absolute atomic E-state index is 14.2. The number of hydrogen-bond donors (Lipinski definition) is 1. The SMILES string of the molecule is CCc1ncnc(N(C)Cc2ccc(CN)cc2)c1F. The third kappa shape index (κ3) is 3.11. The third-order valence-electron chi connectivity index (χ3n) is 3.22. The van der Waals surface area contributed by atoms with Crippen LogP contribution in [0, 0.1) is 5.82 Å². The molecule has 0 bridgehead atoms. The molecule has 106 valence electrons. The molecule has 5 heteroatoms. The summed E-state index contributed by atoms with van der Waals surface area (Å²) in [4.78, 5) is 9.76. The van der Waals surface area contributed by atoms with E-state index in [9.17, 15) is 4.39 Å². The topological polar surface area (TPSA) is 55.0 Å². The van der Waals surface area contributed by atoms with E-state index in [2.05, 4.69) is 9.97 Å². The number of anilines is 1. The zero-order chi connectivity index (χ0) is 14.5. The lowest BCUT2D eigenvalue weighted by atomic mass is 10.1. The highest BCUT2D eigenvalue weighted by atomic mass is 19.1. The Morgan fingerprint density at radius 3 is 2.40 bits per heavy atom. The number of benzene rings is 1. The fourth-order valence-corrected chi connectivity index (χ4v) is 2.04. The fourth-order valence-electron chi connectivity index (χ4n) is 2.04. The van der Waals surface area contributed by atoms with Crippen molar-refractivity contribution in [1.29, 1.82) is 0 Å². The molecular weight excluding hydrogens is 255 g/mol. The lowest BCUT2D eigenvalue weighted by Gasteiger charge is -2.19. The van der Waals surface area contributed by atoms with E-state index >= 15 is 0 Å². The lowest BCUT2D eigenvalue weighted by Crippen LogP contribution is -2.20. The van der Waals surface area contributed by atoms with Gasteiger partial charge in [-0.1, -0.05) is 31.2 Å². The van der Waals surface area contributed by atoms with Crippen molar-refractivity contribution in [2.45, 2.75) is 26.4 Å². The van der Waals surface area contributed by atoms with Crippen LogP contribution in [-0.4, -0.2) is 17.0 Å². The fraction of sp³-hybridized carbons (Fsp3) is 0.333. The van der Waals surface area contributed by atoms with Gasteiger partial charge in [-0.05, 0) is 17.5 Å². The normalized spacial score (nSPS) is 10.6. The minimum atomic E-state index is -0.337. The Kier molecular flexibility index (Phi) is 4.63. The van der Waals surface area contributed by atoms with Crippen LogP contribution in [0.25, 0.3) is 0 Å². The first kappa shape index (κ1) is 14.4. The highest BCUT2D eigenvalue weighted by Gasteiger charge is 2.13. The van der Waals surface area contributed by atoms with Crippen LogP contribution in [-0.2, 0) is 19.5 Å². The van der Waals surface area contributed by atoms with Gasteiger partial charge in [0.05, 0.1) is 5.69 Å². The van der Waals surface area contributed by atoms with Crippen LogP contribution in [0.2, 0.25) is 0 Å². The average Bonchev–Trinajstić information content (AvgIpc) is 2.48. The van der Waals surface area contributed by atoms with E-state index in [4.69, 9.17) is 5.73 Å². The van der Waals surface area contributed by atoms with E-state index in [0.717, 1.165) is 11.1 Å². The molecule has 0 atom stereocenters. The molecule has 1 aromatic heterocycles. The largest absolute Gasteiger partial charge is 0.353 e. The molecule has 4 nitrogen and oxygen atoms in total. The first-order valence-corrected chi connectivity index (χ1v) is 6.64. The monoisotopic (exact) mass is 274 g/mol. The number of halogens is 1. The van der Waals surface area contributed by atoms with Gasteiger partial charge in [0.25, 0.3) is 0 Å². The second kappa shape index (κ2) is 6.43. The summed E-state index contributed by atoms with van der Waals surface area (Å²) in [5.74, 6) is -0.00386. The van der Waals surface area contributed by atoms with Crippen LogP contribution in [0.15, 0.2) is 30.6 Å². The molecule has 2 N–H and O–H groups in total. The van der Waals surface area contributed by atoms with Gasteiger partial charge in [0.15, 0.2) is 11.6 Å². The van der Waals surface area contributed by atoms with Gasteiger partial charge < -0.3 is 10.6 Å². The number of hydrogen-bond acceptors (Lipinski definition) is 4. The summed E-state index contributed by atoms with van der Waals surface area (Å²) in [5, 5.41) is 0. The quantitative estimate of drug-likeness (QED) is 0.908. The predicted octanol–water partition coefficient (Wildman–Crippen LogP) is 2.27. The second-order valence-electron chi connectivity index (χ2n) is 4.69. The molecule has 0 amide bonds. The molecule has 20 heavy (non-hydrogen) atoms. The van der Waals surface area contributed by atoms with Crippen molar-refractivity contribution in [3.8, 4) is 0 Å². The van der Waals surface area contributed by atoms with Crippen LogP contribution >= 0.6 is 0 Å². The van der Waals surface area contributed by atoms with Crippen molar-refractivity contribution < 1.29 is 4.39 Å². The zero-order valence-corrected chi connectivity index (χ0v) is 11.8. The first-order chi connectivity index (χ1) is 9.65. The smallest absolute Gasteiger partial charge is 0.187 e. The van der Waals surface area contributed by atoms with E-state index in [1.165, 1.54) is 6.33 Å². The third-order valence-corrected chi connectivity index (χ3v) is 3.22. The van der Waals surface area contributed by atoms with Gasteiger partial charge in [-0.2, -0.15) is 0 Å². The molecule has 0 saturated carbocycles. The summed E-state index contributed by atoms with van der Waals surface area (Å²) in [5.41, 5.74) is 8.18. The Balaban J connectivity index is 2.16. The number of nitrogens with zero attached hydrogens (tertiary/aromatic N) is 3. The summed E-state index contributed by atoms with van der Waals surface area (Å²) in [7, 11) is 1.82. The van der Waals surface area contributed by atoms with Crippen LogP contribution in [0.3, 0.4) is 0 Å². The van der Waals surface area contributed by atoms with Gasteiger partial charge in [0.2, 0.25) is 0 Å². The van der Waals surface area contributed by atoms with Crippen LogP contribution < -0.4 is 10.6 Å². The van der Waals surface area contributed by atoms with Gasteiger partial charge in [-0.3, -0.25) is 0 Å². The first-order valence-electron chi connectivity index (χ1n) is 6.64. The molecule has 0 saturated heterocycles. The van der Waals surface area contributed by atoms with Gasteiger partial charge >= 0.3 is 0 Å². The summed E-state index contributed by atoms with van der Waals surface area (Å²) < 4.78 is 14.2. The Hall–Kier alpha value is -2.01. The number of rotatable bonds is 5. The molecular formula is C15H19FN4. The predicted molar refractivity (Wildman–Crippen MR) is 77.8 cm³/mol. The molecule has 0 unspecified atom stereocenters. The summed E-state index contributed by atoms with van der Waals surface area (Å²) >= 11 is 0. The maximum Gasteiger partial charge on any atom is 0.187 e. The van der Waals surface area contributed by atoms with Crippen molar-refractivity contribution in [1.82, 2.24) is 9.97 Å². The number of aryl methyl sites for hydroxylation is 1. The average molecular weight is 274 g/mol.